The maximum absolute atomic E-state index is 7.68. The number of allylic oxidation sites excluding steroid dienone is 2. The summed E-state index contributed by atoms with van der Waals surface area (Å²) in [6.45, 7) is 9.63. The first-order valence-corrected chi connectivity index (χ1v) is 9.18. The van der Waals surface area contributed by atoms with Crippen molar-refractivity contribution in [3.63, 3.8) is 0 Å². The van der Waals surface area contributed by atoms with Gasteiger partial charge in [0.05, 0.1) is 7.11 Å². The molecule has 26 heavy (non-hydrogen) atoms. The lowest BCUT2D eigenvalue weighted by Gasteiger charge is -2.30. The first-order valence-electron chi connectivity index (χ1n) is 9.18. The first kappa shape index (κ1) is 18.2. The summed E-state index contributed by atoms with van der Waals surface area (Å²) in [6.07, 6.45) is 4.24. The van der Waals surface area contributed by atoms with Crippen LogP contribution in [0.5, 0.6) is 5.75 Å². The Balaban J connectivity index is 2.16. The maximum Gasteiger partial charge on any atom is 0.119 e. The van der Waals surface area contributed by atoms with Crippen LogP contribution in [0.2, 0.25) is 0 Å². The molecule has 1 aliphatic rings. The minimum absolute atomic E-state index is 0.195. The minimum atomic E-state index is -0.195. The highest BCUT2D eigenvalue weighted by Gasteiger charge is 2.43. The Morgan fingerprint density at radius 1 is 1.12 bits per heavy atom. The van der Waals surface area contributed by atoms with E-state index in [4.69, 9.17) is 10.1 Å². The minimum Gasteiger partial charge on any atom is -0.497 e. The van der Waals surface area contributed by atoms with Crippen LogP contribution in [-0.2, 0) is 11.8 Å². The number of anilines is 1. The largest absolute Gasteiger partial charge is 0.497 e. The van der Waals surface area contributed by atoms with E-state index in [9.17, 15) is 0 Å². The van der Waals surface area contributed by atoms with E-state index < -0.39 is 0 Å². The van der Waals surface area contributed by atoms with E-state index in [0.29, 0.717) is 0 Å². The zero-order chi connectivity index (χ0) is 18.9. The SMILES string of the molecule is CCN1/C(=C\C=N)C(C)(Cc2ccc(C)c(C)c2)c2cc(OC)ccc21. The van der Waals surface area contributed by atoms with E-state index in [1.165, 1.54) is 39.9 Å². The van der Waals surface area contributed by atoms with Gasteiger partial charge in [-0.15, -0.1) is 0 Å². The van der Waals surface area contributed by atoms with Crippen molar-refractivity contribution in [2.45, 2.75) is 39.5 Å². The summed E-state index contributed by atoms with van der Waals surface area (Å²) in [5, 5.41) is 7.68. The van der Waals surface area contributed by atoms with Crippen molar-refractivity contribution in [3.8, 4) is 5.75 Å². The quantitative estimate of drug-likeness (QED) is 0.755. The molecule has 0 amide bonds. The molecule has 2 aromatic carbocycles. The van der Waals surface area contributed by atoms with Crippen LogP contribution in [0, 0.1) is 19.3 Å². The van der Waals surface area contributed by atoms with Gasteiger partial charge in [0.1, 0.15) is 5.75 Å². The molecule has 0 saturated heterocycles. The van der Waals surface area contributed by atoms with Crippen LogP contribution in [0.4, 0.5) is 5.69 Å². The van der Waals surface area contributed by atoms with Crippen molar-refractivity contribution >= 4 is 11.9 Å². The summed E-state index contributed by atoms with van der Waals surface area (Å²) in [6, 6.07) is 13.0. The second kappa shape index (κ2) is 6.99. The fraction of sp³-hybridized carbons (Fsp3) is 0.348. The molecular weight excluding hydrogens is 320 g/mol. The Labute approximate surface area is 156 Å². The average Bonchev–Trinajstić information content (AvgIpc) is 2.86. The van der Waals surface area contributed by atoms with Gasteiger partial charge in [0.25, 0.3) is 0 Å². The number of benzene rings is 2. The summed E-state index contributed by atoms with van der Waals surface area (Å²) in [5.74, 6) is 0.877. The Morgan fingerprint density at radius 3 is 2.50 bits per heavy atom. The predicted molar refractivity (Wildman–Crippen MR) is 110 cm³/mol. The molecule has 0 spiro atoms. The van der Waals surface area contributed by atoms with Crippen molar-refractivity contribution in [3.05, 3.63) is 70.4 Å². The van der Waals surface area contributed by atoms with Crippen LogP contribution in [0.25, 0.3) is 0 Å². The third-order valence-corrected chi connectivity index (χ3v) is 5.63. The molecular formula is C23H28N2O. The maximum atomic E-state index is 7.68. The molecule has 0 saturated carbocycles. The lowest BCUT2D eigenvalue weighted by Crippen LogP contribution is -2.30. The molecule has 1 heterocycles. The number of hydrogen-bond acceptors (Lipinski definition) is 3. The zero-order valence-corrected chi connectivity index (χ0v) is 16.4. The second-order valence-corrected chi connectivity index (χ2v) is 7.27. The molecule has 1 unspecified atom stereocenters. The molecule has 3 rings (SSSR count). The van der Waals surface area contributed by atoms with Crippen molar-refractivity contribution in [2.24, 2.45) is 0 Å². The van der Waals surface area contributed by atoms with Gasteiger partial charge in [-0.05, 0) is 80.6 Å². The van der Waals surface area contributed by atoms with Crippen LogP contribution in [0.15, 0.2) is 48.2 Å². The smallest absolute Gasteiger partial charge is 0.119 e. The number of rotatable bonds is 5. The van der Waals surface area contributed by atoms with E-state index in [-0.39, 0.29) is 5.41 Å². The van der Waals surface area contributed by atoms with Gasteiger partial charge in [-0.2, -0.15) is 0 Å². The molecule has 2 aromatic rings. The van der Waals surface area contributed by atoms with Gasteiger partial charge in [-0.1, -0.05) is 18.2 Å². The molecule has 3 nitrogen and oxygen atoms in total. The lowest BCUT2D eigenvalue weighted by molar-refractivity contribution is 0.413. The predicted octanol–water partition coefficient (Wildman–Crippen LogP) is 5.19. The van der Waals surface area contributed by atoms with Gasteiger partial charge >= 0.3 is 0 Å². The van der Waals surface area contributed by atoms with Gasteiger partial charge in [0.15, 0.2) is 0 Å². The average molecular weight is 348 g/mol. The Morgan fingerprint density at radius 2 is 1.88 bits per heavy atom. The molecule has 136 valence electrons. The molecule has 0 fully saturated rings. The summed E-state index contributed by atoms with van der Waals surface area (Å²) >= 11 is 0. The number of nitrogens with zero attached hydrogens (tertiary/aromatic N) is 1. The molecule has 1 aliphatic heterocycles. The van der Waals surface area contributed by atoms with E-state index >= 15 is 0 Å². The summed E-state index contributed by atoms with van der Waals surface area (Å²) in [7, 11) is 1.71. The highest BCUT2D eigenvalue weighted by Crippen LogP contribution is 2.50. The molecule has 1 N–H and O–H groups in total. The lowest BCUT2D eigenvalue weighted by atomic mass is 9.76. The fourth-order valence-electron chi connectivity index (χ4n) is 4.09. The fourth-order valence-corrected chi connectivity index (χ4v) is 4.09. The Kier molecular flexibility index (Phi) is 4.90. The van der Waals surface area contributed by atoms with E-state index in [2.05, 4.69) is 62.9 Å². The molecule has 3 heteroatoms. The van der Waals surface area contributed by atoms with Crippen molar-refractivity contribution in [1.29, 1.82) is 5.41 Å². The van der Waals surface area contributed by atoms with E-state index in [1.54, 1.807) is 7.11 Å². The monoisotopic (exact) mass is 348 g/mol. The number of ether oxygens (including phenoxy) is 1. The molecule has 0 bridgehead atoms. The van der Waals surface area contributed by atoms with E-state index in [1.807, 2.05) is 12.1 Å². The Hall–Kier alpha value is -2.55. The standard InChI is InChI=1S/C23H28N2O/c1-6-25-21-10-9-19(26-5)14-20(21)23(4,22(25)11-12-24)15-18-8-7-16(2)17(3)13-18/h7-14,24H,6,15H2,1-5H3/b22-11-,24-12?. The van der Waals surface area contributed by atoms with Crippen LogP contribution < -0.4 is 9.64 Å². The Bertz CT molecular complexity index is 869. The molecule has 1 atom stereocenters. The van der Waals surface area contributed by atoms with E-state index in [0.717, 1.165) is 18.7 Å². The van der Waals surface area contributed by atoms with Gasteiger partial charge < -0.3 is 15.0 Å². The molecule has 0 radical (unpaired) electrons. The summed E-state index contributed by atoms with van der Waals surface area (Å²) < 4.78 is 5.50. The highest BCUT2D eigenvalue weighted by molar-refractivity contribution is 5.79. The van der Waals surface area contributed by atoms with Crippen LogP contribution in [0.3, 0.4) is 0 Å². The van der Waals surface area contributed by atoms with Crippen molar-refractivity contribution in [2.75, 3.05) is 18.6 Å². The normalized spacial score (nSPS) is 20.3. The third kappa shape index (κ3) is 2.92. The first-order chi connectivity index (χ1) is 12.4. The van der Waals surface area contributed by atoms with Crippen molar-refractivity contribution in [1.82, 2.24) is 0 Å². The summed E-state index contributed by atoms with van der Waals surface area (Å²) in [5.41, 5.74) is 7.42. The van der Waals surface area contributed by atoms with Gasteiger partial charge in [-0.25, -0.2) is 0 Å². The zero-order valence-electron chi connectivity index (χ0n) is 16.4. The number of methoxy groups -OCH3 is 1. The van der Waals surface area contributed by atoms with Crippen LogP contribution in [0.1, 0.15) is 36.1 Å². The van der Waals surface area contributed by atoms with Crippen LogP contribution in [-0.4, -0.2) is 19.9 Å². The number of aryl methyl sites for hydroxylation is 2. The van der Waals surface area contributed by atoms with Gasteiger partial charge in [-0.3, -0.25) is 0 Å². The number of likely N-dealkylation sites (N-methyl/N-ethyl adjacent to an activating group) is 1. The number of hydrogen-bond donors (Lipinski definition) is 1. The second-order valence-electron chi connectivity index (χ2n) is 7.27. The van der Waals surface area contributed by atoms with Gasteiger partial charge in [0, 0.05) is 29.6 Å². The highest BCUT2D eigenvalue weighted by atomic mass is 16.5. The molecule has 0 aliphatic carbocycles. The third-order valence-electron chi connectivity index (χ3n) is 5.63. The van der Waals surface area contributed by atoms with Crippen LogP contribution >= 0.6 is 0 Å². The topological polar surface area (TPSA) is 36.3 Å². The number of fused-ring (bicyclic) bond motifs is 1. The van der Waals surface area contributed by atoms with Crippen molar-refractivity contribution < 1.29 is 4.74 Å². The summed E-state index contributed by atoms with van der Waals surface area (Å²) in [4.78, 5) is 2.32. The molecule has 0 aromatic heterocycles. The number of nitrogens with one attached hydrogen (secondary N) is 1. The van der Waals surface area contributed by atoms with Gasteiger partial charge in [0.2, 0.25) is 0 Å².